The first-order valence-electron chi connectivity index (χ1n) is 9.87. The fourth-order valence-corrected chi connectivity index (χ4v) is 3.05. The second-order valence-corrected chi connectivity index (χ2v) is 9.56. The topological polar surface area (TPSA) is 123 Å². The Hall–Kier alpha value is -2.32. The van der Waals surface area contributed by atoms with Crippen molar-refractivity contribution >= 4 is 23.9 Å². The van der Waals surface area contributed by atoms with E-state index in [9.17, 15) is 19.2 Å². The SMILES string of the molecule is COC(=O)[C@H](C[C@@H]1CCNC1=O)NC(=O)[C@H](CC(C)(C)C)NC(=O)OC(C)(C)C. The summed E-state index contributed by atoms with van der Waals surface area (Å²) in [5.74, 6) is -1.69. The highest BCUT2D eigenvalue weighted by atomic mass is 16.6. The Bertz CT molecular complexity index is 621. The summed E-state index contributed by atoms with van der Waals surface area (Å²) < 4.78 is 10.0. The molecule has 0 aromatic carbocycles. The zero-order chi connectivity index (χ0) is 22.4. The molecule has 3 N–H and O–H groups in total. The minimum atomic E-state index is -0.982. The fourth-order valence-electron chi connectivity index (χ4n) is 3.05. The second-order valence-electron chi connectivity index (χ2n) is 9.56. The summed E-state index contributed by atoms with van der Waals surface area (Å²) in [4.78, 5) is 49.2. The molecule has 0 aliphatic carbocycles. The van der Waals surface area contributed by atoms with Gasteiger partial charge in [0, 0.05) is 12.5 Å². The van der Waals surface area contributed by atoms with Gasteiger partial charge in [0.25, 0.3) is 0 Å². The van der Waals surface area contributed by atoms with Crippen molar-refractivity contribution in [1.29, 1.82) is 0 Å². The predicted molar refractivity (Wildman–Crippen MR) is 107 cm³/mol. The van der Waals surface area contributed by atoms with Crippen LogP contribution in [0.2, 0.25) is 0 Å². The van der Waals surface area contributed by atoms with Crippen LogP contribution in [0.3, 0.4) is 0 Å². The van der Waals surface area contributed by atoms with Gasteiger partial charge in [-0.25, -0.2) is 9.59 Å². The molecule has 1 aliphatic heterocycles. The molecule has 166 valence electrons. The maximum absolute atomic E-state index is 12.9. The quantitative estimate of drug-likeness (QED) is 0.544. The van der Waals surface area contributed by atoms with Gasteiger partial charge in [0.05, 0.1) is 7.11 Å². The monoisotopic (exact) mass is 413 g/mol. The number of esters is 1. The van der Waals surface area contributed by atoms with E-state index in [0.717, 1.165) is 0 Å². The molecule has 9 heteroatoms. The van der Waals surface area contributed by atoms with E-state index in [-0.39, 0.29) is 23.7 Å². The van der Waals surface area contributed by atoms with Gasteiger partial charge in [0.2, 0.25) is 11.8 Å². The Labute approximate surface area is 172 Å². The average molecular weight is 414 g/mol. The molecule has 1 rings (SSSR count). The summed E-state index contributed by atoms with van der Waals surface area (Å²) in [6, 6.07) is -1.89. The van der Waals surface area contributed by atoms with E-state index in [1.807, 2.05) is 20.8 Å². The van der Waals surface area contributed by atoms with Crippen LogP contribution in [0.25, 0.3) is 0 Å². The van der Waals surface area contributed by atoms with E-state index >= 15 is 0 Å². The lowest BCUT2D eigenvalue weighted by molar-refractivity contribution is -0.146. The minimum Gasteiger partial charge on any atom is -0.467 e. The van der Waals surface area contributed by atoms with Crippen LogP contribution in [0.1, 0.15) is 60.8 Å². The Morgan fingerprint density at radius 2 is 1.72 bits per heavy atom. The number of rotatable bonds is 7. The number of carbonyl (C=O) groups is 4. The van der Waals surface area contributed by atoms with Crippen LogP contribution in [0, 0.1) is 11.3 Å². The van der Waals surface area contributed by atoms with Crippen molar-refractivity contribution in [3.8, 4) is 0 Å². The summed E-state index contributed by atoms with van der Waals surface area (Å²) in [7, 11) is 1.22. The Morgan fingerprint density at radius 1 is 1.10 bits per heavy atom. The molecule has 1 saturated heterocycles. The largest absolute Gasteiger partial charge is 0.467 e. The van der Waals surface area contributed by atoms with Crippen molar-refractivity contribution in [2.24, 2.45) is 11.3 Å². The van der Waals surface area contributed by atoms with Gasteiger partial charge in [0.15, 0.2) is 0 Å². The van der Waals surface area contributed by atoms with Crippen LogP contribution >= 0.6 is 0 Å². The molecule has 0 unspecified atom stereocenters. The molecule has 9 nitrogen and oxygen atoms in total. The Kier molecular flexibility index (Phi) is 8.47. The van der Waals surface area contributed by atoms with Crippen LogP contribution < -0.4 is 16.0 Å². The highest BCUT2D eigenvalue weighted by Gasteiger charge is 2.35. The van der Waals surface area contributed by atoms with Gasteiger partial charge in [-0.3, -0.25) is 9.59 Å². The van der Waals surface area contributed by atoms with Gasteiger partial charge >= 0.3 is 12.1 Å². The number of ether oxygens (including phenoxy) is 2. The van der Waals surface area contributed by atoms with Gasteiger partial charge in [0.1, 0.15) is 17.7 Å². The summed E-state index contributed by atoms with van der Waals surface area (Å²) in [6.45, 7) is 11.5. The Morgan fingerprint density at radius 3 is 2.17 bits per heavy atom. The third kappa shape index (κ3) is 9.15. The van der Waals surface area contributed by atoms with Gasteiger partial charge in [-0.1, -0.05) is 20.8 Å². The number of methoxy groups -OCH3 is 1. The first-order valence-corrected chi connectivity index (χ1v) is 9.87. The first kappa shape index (κ1) is 24.7. The minimum absolute atomic E-state index is 0.138. The van der Waals surface area contributed by atoms with Gasteiger partial charge in [-0.2, -0.15) is 0 Å². The molecule has 3 amide bonds. The molecule has 0 radical (unpaired) electrons. The van der Waals surface area contributed by atoms with E-state index in [0.29, 0.717) is 19.4 Å². The smallest absolute Gasteiger partial charge is 0.408 e. The number of hydrogen-bond acceptors (Lipinski definition) is 6. The molecule has 29 heavy (non-hydrogen) atoms. The average Bonchev–Trinajstić information content (AvgIpc) is 2.94. The highest BCUT2D eigenvalue weighted by molar-refractivity contribution is 5.90. The molecule has 1 heterocycles. The van der Waals surface area contributed by atoms with E-state index in [1.54, 1.807) is 20.8 Å². The fraction of sp³-hybridized carbons (Fsp3) is 0.800. The number of amides is 3. The maximum Gasteiger partial charge on any atom is 0.408 e. The van der Waals surface area contributed by atoms with Crippen molar-refractivity contribution in [2.45, 2.75) is 78.5 Å². The van der Waals surface area contributed by atoms with Crippen molar-refractivity contribution < 1.29 is 28.7 Å². The molecule has 0 aromatic rings. The maximum atomic E-state index is 12.9. The van der Waals surface area contributed by atoms with Gasteiger partial charge in [-0.15, -0.1) is 0 Å². The molecule has 3 atom stereocenters. The van der Waals surface area contributed by atoms with Crippen LogP contribution in [0.4, 0.5) is 4.79 Å². The van der Waals surface area contributed by atoms with Gasteiger partial charge < -0.3 is 25.4 Å². The number of alkyl carbamates (subject to hydrolysis) is 1. The summed E-state index contributed by atoms with van der Waals surface area (Å²) in [6.07, 6.45) is 0.338. The molecule has 1 aliphatic rings. The number of carbonyl (C=O) groups excluding carboxylic acids is 4. The third-order valence-electron chi connectivity index (χ3n) is 4.31. The van der Waals surface area contributed by atoms with Crippen LogP contribution in [0.5, 0.6) is 0 Å². The van der Waals surface area contributed by atoms with E-state index in [2.05, 4.69) is 16.0 Å². The van der Waals surface area contributed by atoms with Gasteiger partial charge in [-0.05, 0) is 45.4 Å². The normalized spacial score (nSPS) is 19.0. The van der Waals surface area contributed by atoms with E-state index in [4.69, 9.17) is 9.47 Å². The van der Waals surface area contributed by atoms with E-state index in [1.165, 1.54) is 7.11 Å². The predicted octanol–water partition coefficient (Wildman–Crippen LogP) is 1.50. The standard InChI is InChI=1S/C20H35N3O6/c1-19(2,3)11-14(23-18(27)29-20(4,5)6)16(25)22-13(17(26)28-7)10-12-8-9-21-15(12)24/h12-14H,8-11H2,1-7H3,(H,21,24)(H,22,25)(H,23,27)/t12-,13-,14-/m0/s1. The highest BCUT2D eigenvalue weighted by Crippen LogP contribution is 2.22. The number of nitrogens with one attached hydrogen (secondary N) is 3. The first-order chi connectivity index (χ1) is 13.2. The van der Waals surface area contributed by atoms with Crippen LogP contribution in [-0.4, -0.2) is 55.2 Å². The zero-order valence-electron chi connectivity index (χ0n) is 18.5. The van der Waals surface area contributed by atoms with Crippen molar-refractivity contribution in [2.75, 3.05) is 13.7 Å². The lowest BCUT2D eigenvalue weighted by Gasteiger charge is -2.29. The molecule has 1 fully saturated rings. The third-order valence-corrected chi connectivity index (χ3v) is 4.31. The van der Waals surface area contributed by atoms with Crippen LogP contribution in [-0.2, 0) is 23.9 Å². The summed E-state index contributed by atoms with van der Waals surface area (Å²) in [5.41, 5.74) is -0.986. The Balaban J connectivity index is 2.91. The molecular weight excluding hydrogens is 378 g/mol. The second kappa shape index (κ2) is 9.93. The summed E-state index contributed by atoms with van der Waals surface area (Å²) >= 11 is 0. The van der Waals surface area contributed by atoms with Crippen molar-refractivity contribution in [3.05, 3.63) is 0 Å². The van der Waals surface area contributed by atoms with E-state index < -0.39 is 35.7 Å². The summed E-state index contributed by atoms with van der Waals surface area (Å²) in [5, 5.41) is 7.94. The molecule has 0 saturated carbocycles. The molecule has 0 bridgehead atoms. The lowest BCUT2D eigenvalue weighted by atomic mass is 9.87. The molecular formula is C20H35N3O6. The van der Waals surface area contributed by atoms with Crippen molar-refractivity contribution in [1.82, 2.24) is 16.0 Å². The zero-order valence-corrected chi connectivity index (χ0v) is 18.5. The number of hydrogen-bond donors (Lipinski definition) is 3. The molecule has 0 spiro atoms. The van der Waals surface area contributed by atoms with Crippen LogP contribution in [0.15, 0.2) is 0 Å². The molecule has 0 aromatic heterocycles. The lowest BCUT2D eigenvalue weighted by Crippen LogP contribution is -2.54. The van der Waals surface area contributed by atoms with Crippen molar-refractivity contribution in [3.63, 3.8) is 0 Å².